The minimum atomic E-state index is -4.56. The molecule has 2 rings (SSSR count). The summed E-state index contributed by atoms with van der Waals surface area (Å²) in [5.74, 6) is -0.376. The van der Waals surface area contributed by atoms with Gasteiger partial charge >= 0.3 is 6.18 Å². The molecule has 0 atom stereocenters. The fourth-order valence-electron chi connectivity index (χ4n) is 2.05. The topological polar surface area (TPSA) is 111 Å². The molecule has 0 saturated heterocycles. The van der Waals surface area contributed by atoms with Gasteiger partial charge in [0.1, 0.15) is 17.5 Å². The summed E-state index contributed by atoms with van der Waals surface area (Å²) in [4.78, 5) is 11.5. The van der Waals surface area contributed by atoms with Crippen LogP contribution in [0.4, 0.5) is 36.3 Å². The molecule has 0 aromatic carbocycles. The van der Waals surface area contributed by atoms with Crippen LogP contribution in [0.25, 0.3) is 0 Å². The normalized spacial score (nSPS) is 10.9. The van der Waals surface area contributed by atoms with Crippen molar-refractivity contribution in [3.63, 3.8) is 0 Å². The Bertz CT molecular complexity index is 800. The number of nitrogens with one attached hydrogen (secondary N) is 4. The van der Waals surface area contributed by atoms with E-state index in [9.17, 15) is 13.2 Å². The Balaban J connectivity index is 2.25. The number of alkyl halides is 3. The van der Waals surface area contributed by atoms with Gasteiger partial charge in [-0.2, -0.15) is 23.4 Å². The van der Waals surface area contributed by atoms with E-state index >= 15 is 0 Å². The van der Waals surface area contributed by atoms with Crippen LogP contribution in [0.3, 0.4) is 0 Å². The van der Waals surface area contributed by atoms with E-state index in [-0.39, 0.29) is 17.5 Å². The van der Waals surface area contributed by atoms with Gasteiger partial charge in [0.25, 0.3) is 0 Å². The summed E-state index contributed by atoms with van der Waals surface area (Å²) < 4.78 is 38.7. The average Bonchev–Trinajstić information content (AvgIpc) is 2.61. The molecular weight excluding hydrogens is 349 g/mol. The Morgan fingerprint density at radius 3 is 2.54 bits per heavy atom. The van der Waals surface area contributed by atoms with Crippen molar-refractivity contribution in [1.29, 1.82) is 5.26 Å². The summed E-state index contributed by atoms with van der Waals surface area (Å²) >= 11 is 0. The highest BCUT2D eigenvalue weighted by Gasteiger charge is 2.35. The molecule has 0 aliphatic carbocycles. The molecule has 2 heterocycles. The Morgan fingerprint density at radius 2 is 1.92 bits per heavy atom. The standard InChI is InChI=1S/C15H17F3N8/c1-20-3-4-22-11-5-9(7-23-12(11)6-19)25-14-24-8-10(15(16,17)18)13(21-2)26-14/h5,7-8,20,22H,3-4H2,1-2H3,(H2,21,24,25,26). The zero-order valence-electron chi connectivity index (χ0n) is 14.1. The van der Waals surface area contributed by atoms with Crippen molar-refractivity contribution in [3.05, 3.63) is 29.7 Å². The predicted molar refractivity (Wildman–Crippen MR) is 91.2 cm³/mol. The minimum absolute atomic E-state index is 0.0324. The molecule has 11 heteroatoms. The number of rotatable bonds is 7. The van der Waals surface area contributed by atoms with E-state index in [0.29, 0.717) is 30.7 Å². The predicted octanol–water partition coefficient (Wildman–Crippen LogP) is 2.18. The Hall–Kier alpha value is -3.13. The molecule has 2 aromatic heterocycles. The molecule has 2 aromatic rings. The number of hydrogen-bond donors (Lipinski definition) is 4. The number of anilines is 4. The molecule has 0 unspecified atom stereocenters. The maximum Gasteiger partial charge on any atom is 0.421 e. The lowest BCUT2D eigenvalue weighted by atomic mass is 10.2. The van der Waals surface area contributed by atoms with Crippen LogP contribution in [0.1, 0.15) is 11.3 Å². The van der Waals surface area contributed by atoms with Gasteiger partial charge in [0.05, 0.1) is 17.6 Å². The second-order valence-electron chi connectivity index (χ2n) is 5.09. The summed E-state index contributed by atoms with van der Waals surface area (Å²) in [6, 6.07) is 3.58. The van der Waals surface area contributed by atoms with Gasteiger partial charge in [-0.1, -0.05) is 0 Å². The third-order valence-electron chi connectivity index (χ3n) is 3.27. The summed E-state index contributed by atoms with van der Waals surface area (Å²) in [6.45, 7) is 1.24. The first kappa shape index (κ1) is 19.2. The molecule has 0 fully saturated rings. The number of halogens is 3. The molecule has 138 valence electrons. The van der Waals surface area contributed by atoms with E-state index in [2.05, 4.69) is 36.2 Å². The van der Waals surface area contributed by atoms with Gasteiger partial charge in [0.15, 0.2) is 5.69 Å². The van der Waals surface area contributed by atoms with E-state index < -0.39 is 11.7 Å². The summed E-state index contributed by atoms with van der Waals surface area (Å²) in [5.41, 5.74) is 0.167. The fraction of sp³-hybridized carbons (Fsp3) is 0.333. The van der Waals surface area contributed by atoms with Crippen LogP contribution in [0.5, 0.6) is 0 Å². The van der Waals surface area contributed by atoms with Crippen LogP contribution < -0.4 is 21.3 Å². The Labute approximate surface area is 147 Å². The molecule has 0 spiro atoms. The summed E-state index contributed by atoms with van der Waals surface area (Å²) in [6.07, 6.45) is -2.48. The van der Waals surface area contributed by atoms with Crippen molar-refractivity contribution >= 4 is 23.1 Å². The summed E-state index contributed by atoms with van der Waals surface area (Å²) in [5, 5.41) is 20.3. The molecule has 0 saturated carbocycles. The van der Waals surface area contributed by atoms with Crippen LogP contribution in [-0.4, -0.2) is 42.1 Å². The van der Waals surface area contributed by atoms with E-state index in [0.717, 1.165) is 0 Å². The maximum atomic E-state index is 12.9. The number of likely N-dealkylation sites (N-methyl/N-ethyl adjacent to an activating group) is 1. The van der Waals surface area contributed by atoms with Crippen LogP contribution in [-0.2, 0) is 6.18 Å². The van der Waals surface area contributed by atoms with Crippen LogP contribution in [0.15, 0.2) is 18.5 Å². The van der Waals surface area contributed by atoms with Crippen molar-refractivity contribution < 1.29 is 13.2 Å². The van der Waals surface area contributed by atoms with Gasteiger partial charge in [-0.3, -0.25) is 0 Å². The van der Waals surface area contributed by atoms with E-state index in [1.54, 1.807) is 13.1 Å². The largest absolute Gasteiger partial charge is 0.421 e. The van der Waals surface area contributed by atoms with E-state index in [1.165, 1.54) is 13.2 Å². The molecular formula is C15H17F3N8. The van der Waals surface area contributed by atoms with Gasteiger partial charge in [-0.25, -0.2) is 9.97 Å². The molecule has 0 amide bonds. The zero-order chi connectivity index (χ0) is 19.2. The Kier molecular flexibility index (Phi) is 6.13. The third-order valence-corrected chi connectivity index (χ3v) is 3.27. The number of aromatic nitrogens is 3. The lowest BCUT2D eigenvalue weighted by Gasteiger charge is -2.13. The lowest BCUT2D eigenvalue weighted by molar-refractivity contribution is -0.137. The maximum absolute atomic E-state index is 12.9. The average molecular weight is 366 g/mol. The van der Waals surface area contributed by atoms with Gasteiger partial charge in [-0.05, 0) is 13.1 Å². The number of nitrogens with zero attached hydrogens (tertiary/aromatic N) is 4. The highest BCUT2D eigenvalue weighted by molar-refractivity contribution is 5.65. The van der Waals surface area contributed by atoms with Crippen molar-refractivity contribution in [2.24, 2.45) is 0 Å². The molecule has 8 nitrogen and oxygen atoms in total. The highest BCUT2D eigenvalue weighted by Crippen LogP contribution is 2.33. The van der Waals surface area contributed by atoms with Gasteiger partial charge in [0.2, 0.25) is 5.95 Å². The molecule has 4 N–H and O–H groups in total. The molecule has 26 heavy (non-hydrogen) atoms. The smallest absolute Gasteiger partial charge is 0.381 e. The molecule has 0 bridgehead atoms. The monoisotopic (exact) mass is 366 g/mol. The molecule has 0 radical (unpaired) electrons. The van der Waals surface area contributed by atoms with Gasteiger partial charge in [-0.15, -0.1) is 0 Å². The first-order chi connectivity index (χ1) is 12.4. The minimum Gasteiger partial charge on any atom is -0.381 e. The van der Waals surface area contributed by atoms with Crippen LogP contribution in [0.2, 0.25) is 0 Å². The lowest BCUT2D eigenvalue weighted by Crippen LogP contribution is -2.18. The zero-order valence-corrected chi connectivity index (χ0v) is 14.1. The number of pyridine rings is 1. The first-order valence-electron chi connectivity index (χ1n) is 7.56. The van der Waals surface area contributed by atoms with Crippen LogP contribution >= 0.6 is 0 Å². The summed E-state index contributed by atoms with van der Waals surface area (Å²) in [7, 11) is 3.14. The van der Waals surface area contributed by atoms with Crippen LogP contribution in [0, 0.1) is 11.3 Å². The highest BCUT2D eigenvalue weighted by atomic mass is 19.4. The number of nitriles is 1. The van der Waals surface area contributed by atoms with Crippen molar-refractivity contribution in [2.75, 3.05) is 43.1 Å². The Morgan fingerprint density at radius 1 is 1.15 bits per heavy atom. The third kappa shape index (κ3) is 4.70. The van der Waals surface area contributed by atoms with E-state index in [4.69, 9.17) is 5.26 Å². The van der Waals surface area contributed by atoms with Gasteiger partial charge < -0.3 is 21.3 Å². The number of hydrogen-bond acceptors (Lipinski definition) is 8. The van der Waals surface area contributed by atoms with Crippen molar-refractivity contribution in [3.8, 4) is 6.07 Å². The first-order valence-corrected chi connectivity index (χ1v) is 7.56. The second kappa shape index (κ2) is 8.30. The quantitative estimate of drug-likeness (QED) is 0.552. The molecule has 0 aliphatic rings. The van der Waals surface area contributed by atoms with Crippen molar-refractivity contribution in [2.45, 2.75) is 6.18 Å². The SMILES string of the molecule is CNCCNc1cc(Nc2ncc(C(F)(F)F)c(NC)n2)cnc1C#N. The van der Waals surface area contributed by atoms with Crippen molar-refractivity contribution in [1.82, 2.24) is 20.3 Å². The van der Waals surface area contributed by atoms with E-state index in [1.807, 2.05) is 6.07 Å². The molecule has 0 aliphatic heterocycles. The van der Waals surface area contributed by atoms with Gasteiger partial charge in [0, 0.05) is 26.3 Å². The second-order valence-corrected chi connectivity index (χ2v) is 5.09. The fourth-order valence-corrected chi connectivity index (χ4v) is 2.05.